The highest BCUT2D eigenvalue weighted by Crippen LogP contribution is 2.34. The van der Waals surface area contributed by atoms with Crippen molar-refractivity contribution < 1.29 is 4.79 Å². The molecule has 1 saturated heterocycles. The molecule has 0 unspecified atom stereocenters. The summed E-state index contributed by atoms with van der Waals surface area (Å²) < 4.78 is 0. The summed E-state index contributed by atoms with van der Waals surface area (Å²) in [6, 6.07) is 24.6. The Morgan fingerprint density at radius 2 is 1.76 bits per heavy atom. The third kappa shape index (κ3) is 8.25. The second kappa shape index (κ2) is 14.2. The van der Waals surface area contributed by atoms with Gasteiger partial charge in [0.15, 0.2) is 5.96 Å². The van der Waals surface area contributed by atoms with Crippen LogP contribution in [0.15, 0.2) is 77.8 Å². The predicted molar refractivity (Wildman–Crippen MR) is 170 cm³/mol. The first-order chi connectivity index (χ1) is 19.9. The average Bonchev–Trinajstić information content (AvgIpc) is 2.99. The molecule has 2 fully saturated rings. The molecule has 41 heavy (non-hydrogen) atoms. The number of nitrogens with zero attached hydrogens (tertiary/aromatic N) is 2. The van der Waals surface area contributed by atoms with Gasteiger partial charge in [-0.1, -0.05) is 59.6 Å². The Morgan fingerprint density at radius 1 is 1.00 bits per heavy atom. The van der Waals surface area contributed by atoms with Crippen molar-refractivity contribution in [3.05, 3.63) is 99.5 Å². The number of carbonyl (C=O) groups is 1. The van der Waals surface area contributed by atoms with Crippen molar-refractivity contribution in [3.63, 3.8) is 0 Å². The molecule has 3 aromatic carbocycles. The molecule has 1 atom stereocenters. The Kier molecular flexibility index (Phi) is 10.2. The van der Waals surface area contributed by atoms with Crippen molar-refractivity contribution in [2.24, 2.45) is 4.99 Å². The first-order valence-electron chi connectivity index (χ1n) is 14.6. The number of guanidine groups is 1. The van der Waals surface area contributed by atoms with E-state index in [4.69, 9.17) is 28.2 Å². The lowest BCUT2D eigenvalue weighted by atomic mass is 9.82. The molecule has 0 aromatic heterocycles. The molecule has 6 nitrogen and oxygen atoms in total. The molecule has 1 heterocycles. The van der Waals surface area contributed by atoms with Crippen LogP contribution >= 0.6 is 23.2 Å². The molecular formula is C33H39Cl2N5O. The minimum atomic E-state index is -0.110. The maximum Gasteiger partial charge on any atom is 0.251 e. The van der Waals surface area contributed by atoms with Crippen LogP contribution in [0.2, 0.25) is 10.0 Å². The van der Waals surface area contributed by atoms with E-state index in [1.807, 2.05) is 36.4 Å². The molecule has 3 aromatic rings. The molecule has 0 spiro atoms. The van der Waals surface area contributed by atoms with Gasteiger partial charge in [-0.05, 0) is 92.5 Å². The number of benzene rings is 3. The number of halogens is 2. The smallest absolute Gasteiger partial charge is 0.251 e. The minimum absolute atomic E-state index is 0.110. The van der Waals surface area contributed by atoms with Gasteiger partial charge >= 0.3 is 0 Å². The van der Waals surface area contributed by atoms with Gasteiger partial charge in [0, 0.05) is 53.5 Å². The SMILES string of the molecule is C[C@H]1CN(C(=NC2CCC(c3ccccc3)CC2)Nc2ccc(C(=O)NCCc3ccc(Cl)cc3Cl)cc2)CCN1. The van der Waals surface area contributed by atoms with E-state index in [0.717, 1.165) is 62.5 Å². The van der Waals surface area contributed by atoms with Crippen molar-refractivity contribution in [3.8, 4) is 0 Å². The van der Waals surface area contributed by atoms with Gasteiger partial charge in [-0.3, -0.25) is 4.79 Å². The Morgan fingerprint density at radius 3 is 2.46 bits per heavy atom. The summed E-state index contributed by atoms with van der Waals surface area (Å²) in [6.45, 7) is 5.45. The summed E-state index contributed by atoms with van der Waals surface area (Å²) >= 11 is 12.2. The number of nitrogens with one attached hydrogen (secondary N) is 3. The van der Waals surface area contributed by atoms with E-state index in [2.05, 4.69) is 58.1 Å². The summed E-state index contributed by atoms with van der Waals surface area (Å²) in [5.41, 5.74) is 3.95. The van der Waals surface area contributed by atoms with Gasteiger partial charge in [0.05, 0.1) is 6.04 Å². The zero-order chi connectivity index (χ0) is 28.6. The van der Waals surface area contributed by atoms with Crippen LogP contribution in [0.1, 0.15) is 60.0 Å². The molecule has 2 aliphatic rings. The number of hydrogen-bond donors (Lipinski definition) is 3. The van der Waals surface area contributed by atoms with Crippen molar-refractivity contribution in [1.82, 2.24) is 15.5 Å². The molecule has 8 heteroatoms. The van der Waals surface area contributed by atoms with Gasteiger partial charge in [0.25, 0.3) is 5.91 Å². The minimum Gasteiger partial charge on any atom is -0.352 e. The predicted octanol–water partition coefficient (Wildman–Crippen LogP) is 6.75. The van der Waals surface area contributed by atoms with Crippen LogP contribution in [0.4, 0.5) is 5.69 Å². The largest absolute Gasteiger partial charge is 0.352 e. The molecule has 1 saturated carbocycles. The van der Waals surface area contributed by atoms with Crippen LogP contribution in [-0.2, 0) is 6.42 Å². The fourth-order valence-corrected chi connectivity index (χ4v) is 6.23. The van der Waals surface area contributed by atoms with E-state index in [9.17, 15) is 4.79 Å². The fourth-order valence-electron chi connectivity index (χ4n) is 5.73. The third-order valence-corrected chi connectivity index (χ3v) is 8.63. The number of piperazine rings is 1. The number of amides is 1. The van der Waals surface area contributed by atoms with Crippen LogP contribution in [0, 0.1) is 0 Å². The molecule has 1 aliphatic carbocycles. The van der Waals surface area contributed by atoms with Crippen LogP contribution in [0.25, 0.3) is 0 Å². The molecule has 5 rings (SSSR count). The van der Waals surface area contributed by atoms with Gasteiger partial charge in [0.1, 0.15) is 0 Å². The lowest BCUT2D eigenvalue weighted by Gasteiger charge is -2.35. The molecule has 3 N–H and O–H groups in total. The third-order valence-electron chi connectivity index (χ3n) is 8.04. The lowest BCUT2D eigenvalue weighted by molar-refractivity contribution is 0.0954. The zero-order valence-corrected chi connectivity index (χ0v) is 25.1. The van der Waals surface area contributed by atoms with E-state index < -0.39 is 0 Å². The first-order valence-corrected chi connectivity index (χ1v) is 15.4. The number of aliphatic imine (C=N–C) groups is 1. The first kappa shape index (κ1) is 29.4. The summed E-state index contributed by atoms with van der Waals surface area (Å²) in [6.07, 6.45) is 5.14. The van der Waals surface area contributed by atoms with Crippen molar-refractivity contribution >= 4 is 40.8 Å². The lowest BCUT2D eigenvalue weighted by Crippen LogP contribution is -2.53. The van der Waals surface area contributed by atoms with E-state index in [1.54, 1.807) is 6.07 Å². The number of rotatable bonds is 7. The highest BCUT2D eigenvalue weighted by molar-refractivity contribution is 6.35. The quantitative estimate of drug-likeness (QED) is 0.210. The van der Waals surface area contributed by atoms with Crippen LogP contribution in [-0.4, -0.2) is 55.0 Å². The van der Waals surface area contributed by atoms with Crippen LogP contribution in [0.3, 0.4) is 0 Å². The van der Waals surface area contributed by atoms with E-state index in [1.165, 1.54) is 5.56 Å². The Labute approximate surface area is 253 Å². The number of hydrogen-bond acceptors (Lipinski definition) is 3. The second-order valence-electron chi connectivity index (χ2n) is 11.1. The molecule has 0 radical (unpaired) electrons. The number of carbonyl (C=O) groups excluding carboxylic acids is 1. The summed E-state index contributed by atoms with van der Waals surface area (Å²) in [5, 5.41) is 11.3. The van der Waals surface area contributed by atoms with Gasteiger partial charge in [-0.2, -0.15) is 0 Å². The molecule has 0 bridgehead atoms. The monoisotopic (exact) mass is 591 g/mol. The number of anilines is 1. The van der Waals surface area contributed by atoms with Crippen molar-refractivity contribution in [2.45, 2.75) is 57.0 Å². The van der Waals surface area contributed by atoms with Crippen molar-refractivity contribution in [1.29, 1.82) is 0 Å². The molecule has 1 amide bonds. The zero-order valence-electron chi connectivity index (χ0n) is 23.6. The van der Waals surface area contributed by atoms with Crippen molar-refractivity contribution in [2.75, 3.05) is 31.5 Å². The summed E-state index contributed by atoms with van der Waals surface area (Å²) in [5.74, 6) is 1.44. The van der Waals surface area contributed by atoms with Crippen LogP contribution in [0.5, 0.6) is 0 Å². The maximum atomic E-state index is 12.8. The molecular weight excluding hydrogens is 553 g/mol. The highest BCUT2D eigenvalue weighted by Gasteiger charge is 2.25. The topological polar surface area (TPSA) is 68.8 Å². The van der Waals surface area contributed by atoms with Gasteiger partial charge in [-0.15, -0.1) is 0 Å². The maximum absolute atomic E-state index is 12.8. The van der Waals surface area contributed by atoms with Gasteiger partial charge in [-0.25, -0.2) is 4.99 Å². The second-order valence-corrected chi connectivity index (χ2v) is 12.0. The Balaban J connectivity index is 1.20. The summed E-state index contributed by atoms with van der Waals surface area (Å²) in [4.78, 5) is 20.4. The normalized spacial score (nSPS) is 21.4. The van der Waals surface area contributed by atoms with E-state index in [-0.39, 0.29) is 5.91 Å². The van der Waals surface area contributed by atoms with E-state index >= 15 is 0 Å². The standard InChI is InChI=1S/C33H39Cl2N5O/c1-23-22-40(20-19-36-23)33(38-29-13-8-25(9-14-29)24-5-3-2-4-6-24)39-30-15-10-27(11-16-30)32(41)37-18-17-26-7-12-28(34)21-31(26)35/h2-7,10-12,15-16,21,23,25,29,36H,8-9,13-14,17-20,22H2,1H3,(H,37,41)(H,38,39)/t23-,25?,29?/m0/s1. The molecule has 1 aliphatic heterocycles. The van der Waals surface area contributed by atoms with E-state index in [0.29, 0.717) is 46.6 Å². The summed E-state index contributed by atoms with van der Waals surface area (Å²) in [7, 11) is 0. The highest BCUT2D eigenvalue weighted by atomic mass is 35.5. The molecule has 216 valence electrons. The van der Waals surface area contributed by atoms with Gasteiger partial charge in [0.2, 0.25) is 0 Å². The Hall–Kier alpha value is -3.06. The fraction of sp³-hybridized carbons (Fsp3) is 0.394. The van der Waals surface area contributed by atoms with Gasteiger partial charge < -0.3 is 20.9 Å². The van der Waals surface area contributed by atoms with Crippen LogP contribution < -0.4 is 16.0 Å². The average molecular weight is 593 g/mol. The Bertz CT molecular complexity index is 1320.